The van der Waals surface area contributed by atoms with Gasteiger partial charge in [-0.3, -0.25) is 9.69 Å². The Hall–Kier alpha value is -0.650. The molecule has 0 bridgehead atoms. The fraction of sp³-hybridized carbons (Fsp3) is 0.750. The molecule has 0 aliphatic carbocycles. The van der Waals surface area contributed by atoms with Gasteiger partial charge in [-0.05, 0) is 20.8 Å². The molecular weight excluding hydrogens is 236 g/mol. The molecule has 1 aromatic heterocycles. The topological polar surface area (TPSA) is 34.5 Å². The highest BCUT2D eigenvalue weighted by Crippen LogP contribution is 2.10. The third kappa shape index (κ3) is 3.18. The SMILES string of the molecule is Cc1csc(=O)n1CCN1C[C@@H](C)O[C@H](C)C1. The van der Waals surface area contributed by atoms with Gasteiger partial charge >= 0.3 is 4.87 Å². The molecule has 4 nitrogen and oxygen atoms in total. The zero-order valence-electron chi connectivity index (χ0n) is 10.7. The standard InChI is InChI=1S/C12H20N2O2S/c1-9-8-17-12(15)14(9)5-4-13-6-10(2)16-11(3)7-13/h8,10-11H,4-7H2,1-3H3/t10-,11-/m1/s1. The van der Waals surface area contributed by atoms with Crippen LogP contribution < -0.4 is 4.87 Å². The number of ether oxygens (including phenoxy) is 1. The van der Waals surface area contributed by atoms with Crippen LogP contribution in [-0.4, -0.2) is 41.3 Å². The maximum atomic E-state index is 11.6. The average Bonchev–Trinajstić information content (AvgIpc) is 2.55. The highest BCUT2D eigenvalue weighted by atomic mass is 32.1. The fourth-order valence-electron chi connectivity index (χ4n) is 2.38. The van der Waals surface area contributed by atoms with Crippen molar-refractivity contribution in [3.8, 4) is 0 Å². The molecule has 17 heavy (non-hydrogen) atoms. The Morgan fingerprint density at radius 1 is 1.35 bits per heavy atom. The number of hydrogen-bond acceptors (Lipinski definition) is 4. The van der Waals surface area contributed by atoms with Crippen molar-refractivity contribution in [2.45, 2.75) is 39.5 Å². The minimum Gasteiger partial charge on any atom is -0.373 e. The zero-order chi connectivity index (χ0) is 12.4. The Labute approximate surface area is 106 Å². The third-order valence-corrected chi connectivity index (χ3v) is 3.99. The second-order valence-corrected chi connectivity index (χ2v) is 5.63. The Morgan fingerprint density at radius 3 is 2.53 bits per heavy atom. The van der Waals surface area contributed by atoms with Crippen LogP contribution in [0, 0.1) is 6.92 Å². The lowest BCUT2D eigenvalue weighted by Gasteiger charge is -2.35. The molecule has 2 heterocycles. The second kappa shape index (κ2) is 5.33. The number of rotatable bonds is 3. The number of hydrogen-bond donors (Lipinski definition) is 0. The molecule has 0 spiro atoms. The molecule has 0 amide bonds. The minimum absolute atomic E-state index is 0.150. The molecule has 2 atom stereocenters. The number of aryl methyl sites for hydroxylation is 1. The highest BCUT2D eigenvalue weighted by molar-refractivity contribution is 7.07. The van der Waals surface area contributed by atoms with E-state index in [1.165, 1.54) is 11.3 Å². The first-order chi connectivity index (χ1) is 8.06. The summed E-state index contributed by atoms with van der Waals surface area (Å²) in [5.74, 6) is 0. The maximum Gasteiger partial charge on any atom is 0.307 e. The molecule has 1 saturated heterocycles. The van der Waals surface area contributed by atoms with E-state index in [1.54, 1.807) is 0 Å². The highest BCUT2D eigenvalue weighted by Gasteiger charge is 2.21. The first-order valence-electron chi connectivity index (χ1n) is 6.09. The summed E-state index contributed by atoms with van der Waals surface area (Å²) in [5.41, 5.74) is 1.06. The molecule has 0 unspecified atom stereocenters. The number of thiazole rings is 1. The summed E-state index contributed by atoms with van der Waals surface area (Å²) < 4.78 is 7.55. The minimum atomic E-state index is 0.150. The van der Waals surface area contributed by atoms with E-state index < -0.39 is 0 Å². The summed E-state index contributed by atoms with van der Waals surface area (Å²) in [6.45, 7) is 9.82. The lowest BCUT2D eigenvalue weighted by Crippen LogP contribution is -2.46. The van der Waals surface area contributed by atoms with Gasteiger partial charge in [0, 0.05) is 37.3 Å². The molecule has 1 aromatic rings. The molecule has 1 aliphatic rings. The van der Waals surface area contributed by atoms with E-state index in [0.717, 1.165) is 31.9 Å². The maximum absolute atomic E-state index is 11.6. The van der Waals surface area contributed by atoms with E-state index in [9.17, 15) is 4.79 Å². The van der Waals surface area contributed by atoms with Gasteiger partial charge in [0.1, 0.15) is 0 Å². The molecule has 2 rings (SSSR count). The van der Waals surface area contributed by atoms with Gasteiger partial charge in [0.05, 0.1) is 12.2 Å². The average molecular weight is 256 g/mol. The number of morpholine rings is 1. The van der Waals surface area contributed by atoms with Gasteiger partial charge in [-0.2, -0.15) is 0 Å². The summed E-state index contributed by atoms with van der Waals surface area (Å²) in [7, 11) is 0. The zero-order valence-corrected chi connectivity index (χ0v) is 11.5. The first kappa shape index (κ1) is 12.8. The lowest BCUT2D eigenvalue weighted by molar-refractivity contribution is -0.0686. The van der Waals surface area contributed by atoms with Crippen LogP contribution >= 0.6 is 11.3 Å². The molecule has 0 N–H and O–H groups in total. The van der Waals surface area contributed by atoms with Gasteiger partial charge < -0.3 is 9.30 Å². The van der Waals surface area contributed by atoms with Crippen molar-refractivity contribution in [1.82, 2.24) is 9.47 Å². The molecule has 5 heteroatoms. The molecule has 1 fully saturated rings. The Morgan fingerprint density at radius 2 is 2.00 bits per heavy atom. The molecule has 0 aromatic carbocycles. The van der Waals surface area contributed by atoms with E-state index in [2.05, 4.69) is 18.7 Å². The van der Waals surface area contributed by atoms with Gasteiger partial charge in [-0.25, -0.2) is 0 Å². The lowest BCUT2D eigenvalue weighted by atomic mass is 10.2. The van der Waals surface area contributed by atoms with Gasteiger partial charge in [0.15, 0.2) is 0 Å². The summed E-state index contributed by atoms with van der Waals surface area (Å²) in [5, 5.41) is 1.92. The van der Waals surface area contributed by atoms with Gasteiger partial charge in [-0.15, -0.1) is 0 Å². The summed E-state index contributed by atoms with van der Waals surface area (Å²) in [4.78, 5) is 14.1. The van der Waals surface area contributed by atoms with Crippen LogP contribution in [0.1, 0.15) is 19.5 Å². The van der Waals surface area contributed by atoms with Crippen molar-refractivity contribution in [2.24, 2.45) is 0 Å². The summed E-state index contributed by atoms with van der Waals surface area (Å²) >= 11 is 1.28. The van der Waals surface area contributed by atoms with Crippen molar-refractivity contribution in [1.29, 1.82) is 0 Å². The van der Waals surface area contributed by atoms with Crippen molar-refractivity contribution >= 4 is 11.3 Å². The first-order valence-corrected chi connectivity index (χ1v) is 6.97. The third-order valence-electron chi connectivity index (χ3n) is 3.11. The van der Waals surface area contributed by atoms with Crippen LogP contribution in [0.3, 0.4) is 0 Å². The van der Waals surface area contributed by atoms with E-state index in [-0.39, 0.29) is 4.87 Å². The smallest absolute Gasteiger partial charge is 0.307 e. The molecular formula is C12H20N2O2S. The number of aromatic nitrogens is 1. The van der Waals surface area contributed by atoms with Crippen molar-refractivity contribution in [3.63, 3.8) is 0 Å². The predicted octanol–water partition coefficient (Wildman–Crippen LogP) is 1.33. The van der Waals surface area contributed by atoms with Crippen LogP contribution in [0.25, 0.3) is 0 Å². The van der Waals surface area contributed by atoms with E-state index in [1.807, 2.05) is 16.9 Å². The number of nitrogens with zero attached hydrogens (tertiary/aromatic N) is 2. The summed E-state index contributed by atoms with van der Waals surface area (Å²) in [6, 6.07) is 0. The van der Waals surface area contributed by atoms with Crippen molar-refractivity contribution < 1.29 is 4.74 Å². The molecule has 0 saturated carbocycles. The monoisotopic (exact) mass is 256 g/mol. The van der Waals surface area contributed by atoms with Gasteiger partial charge in [0.2, 0.25) is 0 Å². The van der Waals surface area contributed by atoms with Crippen LogP contribution in [0.4, 0.5) is 0 Å². The quantitative estimate of drug-likeness (QED) is 0.818. The van der Waals surface area contributed by atoms with Crippen molar-refractivity contribution in [2.75, 3.05) is 19.6 Å². The predicted molar refractivity (Wildman–Crippen MR) is 69.8 cm³/mol. The van der Waals surface area contributed by atoms with Gasteiger partial charge in [0.25, 0.3) is 0 Å². The van der Waals surface area contributed by atoms with Crippen LogP contribution in [0.5, 0.6) is 0 Å². The second-order valence-electron chi connectivity index (χ2n) is 4.81. The molecule has 96 valence electrons. The summed E-state index contributed by atoms with van der Waals surface area (Å²) in [6.07, 6.45) is 0.582. The Kier molecular flexibility index (Phi) is 4.01. The van der Waals surface area contributed by atoms with Crippen LogP contribution in [-0.2, 0) is 11.3 Å². The Balaban J connectivity index is 1.92. The fourth-order valence-corrected chi connectivity index (χ4v) is 3.14. The van der Waals surface area contributed by atoms with Gasteiger partial charge in [-0.1, -0.05) is 11.3 Å². The Bertz CT molecular complexity index is 416. The largest absolute Gasteiger partial charge is 0.373 e. The van der Waals surface area contributed by atoms with E-state index in [0.29, 0.717) is 12.2 Å². The normalized spacial score (nSPS) is 26.3. The molecule has 0 radical (unpaired) electrons. The van der Waals surface area contributed by atoms with Crippen molar-refractivity contribution in [3.05, 3.63) is 20.7 Å². The van der Waals surface area contributed by atoms with Crippen LogP contribution in [0.15, 0.2) is 10.2 Å². The van der Waals surface area contributed by atoms with Crippen LogP contribution in [0.2, 0.25) is 0 Å². The van der Waals surface area contributed by atoms with E-state index in [4.69, 9.17) is 4.74 Å². The van der Waals surface area contributed by atoms with E-state index >= 15 is 0 Å². The molecule has 1 aliphatic heterocycles.